The fourth-order valence-electron chi connectivity index (χ4n) is 2.84. The first-order chi connectivity index (χ1) is 13.4. The van der Waals surface area contributed by atoms with Crippen molar-refractivity contribution in [2.24, 2.45) is 0 Å². The van der Waals surface area contributed by atoms with Crippen molar-refractivity contribution >= 4 is 18.7 Å². The number of methoxy groups -OCH3 is 4. The molecule has 7 heteroatoms. The summed E-state index contributed by atoms with van der Waals surface area (Å²) in [5.41, 5.74) is 1.41. The molecule has 148 valence electrons. The Morgan fingerprint density at radius 3 is 1.25 bits per heavy atom. The molecule has 1 aliphatic rings. The van der Waals surface area contributed by atoms with E-state index in [1.165, 1.54) is 0 Å². The van der Waals surface area contributed by atoms with E-state index in [2.05, 4.69) is 0 Å². The smallest absolute Gasteiger partial charge is 0.138 e. The fraction of sp³-hybridized carbons (Fsp3) is 0.238. The molecule has 0 fully saturated rings. The van der Waals surface area contributed by atoms with Gasteiger partial charge in [-0.2, -0.15) is 0 Å². The van der Waals surface area contributed by atoms with Crippen LogP contribution >= 0.6 is 7.14 Å². The van der Waals surface area contributed by atoms with E-state index >= 15 is 0 Å². The largest absolute Gasteiger partial charge is 0.497 e. The fourth-order valence-corrected chi connectivity index (χ4v) is 4.25. The zero-order chi connectivity index (χ0) is 20.3. The number of rotatable bonds is 6. The van der Waals surface area contributed by atoms with Gasteiger partial charge < -0.3 is 28.2 Å². The van der Waals surface area contributed by atoms with E-state index in [0.29, 0.717) is 45.6 Å². The van der Waals surface area contributed by atoms with E-state index in [1.54, 1.807) is 58.9 Å². The average molecular weight is 402 g/mol. The second-order valence-electron chi connectivity index (χ2n) is 6.35. The van der Waals surface area contributed by atoms with Gasteiger partial charge in [0.25, 0.3) is 0 Å². The number of hydrogen-bond acceptors (Lipinski definition) is 6. The van der Waals surface area contributed by atoms with Gasteiger partial charge in [0.1, 0.15) is 41.7 Å². The molecule has 0 N–H and O–H groups in total. The number of hydrogen-bond donors (Lipinski definition) is 0. The minimum Gasteiger partial charge on any atom is -0.497 e. The third-order valence-electron chi connectivity index (χ3n) is 4.24. The van der Waals surface area contributed by atoms with Crippen molar-refractivity contribution in [1.82, 2.24) is 0 Å². The highest BCUT2D eigenvalue weighted by Gasteiger charge is 2.24. The molecule has 28 heavy (non-hydrogen) atoms. The van der Waals surface area contributed by atoms with Crippen LogP contribution in [-0.2, 0) is 9.30 Å². The topological polar surface area (TPSA) is 63.2 Å². The maximum atomic E-state index is 13.1. The van der Waals surface area contributed by atoms with Crippen LogP contribution in [0.2, 0.25) is 0 Å². The van der Waals surface area contributed by atoms with Gasteiger partial charge in [0.2, 0.25) is 0 Å². The predicted octanol–water partition coefficient (Wildman–Crippen LogP) is 5.04. The molecule has 6 nitrogen and oxygen atoms in total. The summed E-state index contributed by atoms with van der Waals surface area (Å²) in [7, 11) is 3.57. The average Bonchev–Trinajstić information content (AvgIpc) is 2.71. The number of ether oxygens (including phenoxy) is 5. The molecule has 0 bridgehead atoms. The third kappa shape index (κ3) is 4.34. The summed E-state index contributed by atoms with van der Waals surface area (Å²) < 4.78 is 40.5. The van der Waals surface area contributed by atoms with Crippen molar-refractivity contribution in [1.29, 1.82) is 0 Å². The molecule has 0 amide bonds. The first kappa shape index (κ1) is 19.9. The summed E-state index contributed by atoms with van der Waals surface area (Å²) in [5.74, 6) is 6.69. The number of benzene rings is 2. The first-order valence-electron chi connectivity index (χ1n) is 8.55. The molecule has 1 aliphatic heterocycles. The Balaban J connectivity index is 2.05. The summed E-state index contributed by atoms with van der Waals surface area (Å²) in [6.45, 7) is 1.68. The zero-order valence-electron chi connectivity index (χ0n) is 16.5. The monoisotopic (exact) mass is 402 g/mol. The van der Waals surface area contributed by atoms with Crippen LogP contribution in [0, 0.1) is 0 Å². The molecule has 0 spiro atoms. The van der Waals surface area contributed by atoms with Crippen LogP contribution in [0.4, 0.5) is 0 Å². The third-order valence-corrected chi connectivity index (χ3v) is 5.73. The Labute approximate surface area is 164 Å². The van der Waals surface area contributed by atoms with E-state index in [-0.39, 0.29) is 0 Å². The molecule has 3 rings (SSSR count). The molecule has 2 aromatic rings. The van der Waals surface area contributed by atoms with Gasteiger partial charge in [-0.15, -0.1) is 0 Å². The van der Waals surface area contributed by atoms with E-state index in [0.717, 1.165) is 0 Å². The second kappa shape index (κ2) is 8.03. The van der Waals surface area contributed by atoms with Crippen LogP contribution in [0.1, 0.15) is 11.1 Å². The first-order valence-corrected chi connectivity index (χ1v) is 10.8. The van der Waals surface area contributed by atoms with Crippen LogP contribution in [0.5, 0.6) is 23.0 Å². The summed E-state index contributed by atoms with van der Waals surface area (Å²) in [4.78, 5) is 0. The van der Waals surface area contributed by atoms with Gasteiger partial charge in [-0.25, -0.2) is 0 Å². The van der Waals surface area contributed by atoms with E-state index in [4.69, 9.17) is 23.7 Å². The molecule has 0 aliphatic carbocycles. The Hall–Kier alpha value is -2.85. The van der Waals surface area contributed by atoms with Gasteiger partial charge in [-0.05, 0) is 30.9 Å². The van der Waals surface area contributed by atoms with Crippen LogP contribution in [-0.4, -0.2) is 35.1 Å². The van der Waals surface area contributed by atoms with Gasteiger partial charge in [-0.3, -0.25) is 0 Å². The summed E-state index contributed by atoms with van der Waals surface area (Å²) in [6.07, 6.45) is 0. The quantitative estimate of drug-likeness (QED) is 0.631. The SMILES string of the molecule is COc1cc(OC)cc(C2=CP(C)(=O)C=C(c3cc(OC)cc(OC)c3)O2)c1. The van der Waals surface area contributed by atoms with Gasteiger partial charge in [0.15, 0.2) is 0 Å². The minimum absolute atomic E-state index is 0.474. The van der Waals surface area contributed by atoms with E-state index in [1.807, 2.05) is 24.3 Å². The highest BCUT2D eigenvalue weighted by molar-refractivity contribution is 7.69. The molecule has 0 saturated carbocycles. The molecule has 0 aromatic heterocycles. The Morgan fingerprint density at radius 1 is 0.643 bits per heavy atom. The highest BCUT2D eigenvalue weighted by atomic mass is 31.2. The lowest BCUT2D eigenvalue weighted by Crippen LogP contribution is -2.00. The second-order valence-corrected chi connectivity index (χ2v) is 8.98. The van der Waals surface area contributed by atoms with Crippen LogP contribution in [0.25, 0.3) is 11.5 Å². The van der Waals surface area contributed by atoms with Gasteiger partial charge in [0.05, 0.1) is 28.4 Å². The predicted molar refractivity (Wildman–Crippen MR) is 110 cm³/mol. The van der Waals surface area contributed by atoms with E-state index in [9.17, 15) is 4.57 Å². The molecule has 0 unspecified atom stereocenters. The van der Waals surface area contributed by atoms with Crippen LogP contribution in [0.15, 0.2) is 48.0 Å². The van der Waals surface area contributed by atoms with Gasteiger partial charge >= 0.3 is 0 Å². The summed E-state index contributed by atoms with van der Waals surface area (Å²) >= 11 is 0. The Kier molecular flexibility index (Phi) is 5.71. The Morgan fingerprint density at radius 2 is 0.964 bits per heavy atom. The minimum atomic E-state index is -2.74. The van der Waals surface area contributed by atoms with Crippen molar-refractivity contribution in [3.8, 4) is 23.0 Å². The normalized spacial score (nSPS) is 15.0. The molecule has 2 aromatic carbocycles. The molecule has 1 heterocycles. The lowest BCUT2D eigenvalue weighted by molar-refractivity contribution is 0.391. The lowest BCUT2D eigenvalue weighted by Gasteiger charge is -2.22. The summed E-state index contributed by atoms with van der Waals surface area (Å²) in [5, 5.41) is 0. The molecular formula is C21H23O6P. The highest BCUT2D eigenvalue weighted by Crippen LogP contribution is 2.54. The van der Waals surface area contributed by atoms with Crippen molar-refractivity contribution in [3.63, 3.8) is 0 Å². The molecule has 0 saturated heterocycles. The maximum Gasteiger partial charge on any atom is 0.138 e. The van der Waals surface area contributed by atoms with Crippen molar-refractivity contribution in [3.05, 3.63) is 59.2 Å². The molecule has 0 atom stereocenters. The van der Waals surface area contributed by atoms with Gasteiger partial charge in [0, 0.05) is 34.9 Å². The summed E-state index contributed by atoms with van der Waals surface area (Å²) in [6, 6.07) is 10.8. The maximum absolute atomic E-state index is 13.1. The lowest BCUT2D eigenvalue weighted by atomic mass is 10.1. The van der Waals surface area contributed by atoms with Crippen LogP contribution < -0.4 is 18.9 Å². The van der Waals surface area contributed by atoms with E-state index < -0.39 is 7.14 Å². The van der Waals surface area contributed by atoms with Crippen molar-refractivity contribution in [2.75, 3.05) is 35.1 Å². The Bertz CT molecular complexity index is 872. The van der Waals surface area contributed by atoms with Crippen LogP contribution in [0.3, 0.4) is 0 Å². The molecular weight excluding hydrogens is 379 g/mol. The van der Waals surface area contributed by atoms with Crippen molar-refractivity contribution in [2.45, 2.75) is 0 Å². The standard InChI is InChI=1S/C21H23O6P/c1-23-16-6-14(7-17(10-16)24-2)20-12-28(5,22)13-21(27-20)15-8-18(25-3)11-19(9-15)26-4/h6-13H,1-5H3. The van der Waals surface area contributed by atoms with Crippen molar-refractivity contribution < 1.29 is 28.2 Å². The van der Waals surface area contributed by atoms with Gasteiger partial charge in [-0.1, -0.05) is 0 Å². The zero-order valence-corrected chi connectivity index (χ0v) is 17.4. The molecule has 0 radical (unpaired) electrons.